The number of aromatic hydroxyl groups is 1. The van der Waals surface area contributed by atoms with E-state index in [0.29, 0.717) is 16.8 Å². The fourth-order valence-electron chi connectivity index (χ4n) is 3.31. The third kappa shape index (κ3) is 4.51. The quantitative estimate of drug-likeness (QED) is 0.231. The summed E-state index contributed by atoms with van der Waals surface area (Å²) in [6.07, 6.45) is 2.86. The van der Waals surface area contributed by atoms with Crippen LogP contribution < -0.4 is 0 Å². The molecule has 2 amide bonds. The normalized spacial score (nSPS) is 14.5. The van der Waals surface area contributed by atoms with Gasteiger partial charge in [-0.1, -0.05) is 24.0 Å². The number of phenolic OH excluding ortho intramolecular Hbond substituents is 1. The first-order valence-electron chi connectivity index (χ1n) is 9.67. The fraction of sp³-hybridized carbons (Fsp3) is 0.0476. The molecular weight excluding hydrogens is 498 g/mol. The molecule has 1 aliphatic heterocycles. The second kappa shape index (κ2) is 9.08. The summed E-state index contributed by atoms with van der Waals surface area (Å²) < 4.78 is 1.24. The molecule has 1 N–H and O–H groups in total. The minimum Gasteiger partial charge on any atom is -0.508 e. The zero-order valence-electron chi connectivity index (χ0n) is 17.6. The number of nitrogens with zero attached hydrogens (tertiary/aromatic N) is 5. The number of hydrogen-bond donors (Lipinski definition) is 1. The van der Waals surface area contributed by atoms with Crippen LogP contribution in [-0.2, 0) is 9.59 Å². The maximum Gasteiger partial charge on any atom is 0.301 e. The van der Waals surface area contributed by atoms with Crippen molar-refractivity contribution < 1.29 is 24.5 Å². The van der Waals surface area contributed by atoms with E-state index >= 15 is 0 Å². The summed E-state index contributed by atoms with van der Waals surface area (Å²) in [5, 5.41) is 36.8. The van der Waals surface area contributed by atoms with E-state index in [4.69, 9.17) is 12.2 Å². The van der Waals surface area contributed by atoms with Crippen LogP contribution in [0, 0.1) is 20.2 Å². The van der Waals surface area contributed by atoms with Gasteiger partial charge in [-0.05, 0) is 36.4 Å². The minimum atomic E-state index is -0.762. The predicted molar refractivity (Wildman–Crippen MR) is 130 cm³/mol. The van der Waals surface area contributed by atoms with Gasteiger partial charge in [0.15, 0.2) is 4.32 Å². The third-order valence-corrected chi connectivity index (χ3v) is 6.19. The van der Waals surface area contributed by atoms with Crippen LogP contribution in [0.2, 0.25) is 0 Å². The van der Waals surface area contributed by atoms with E-state index in [-0.39, 0.29) is 20.7 Å². The molecule has 2 aromatic carbocycles. The van der Waals surface area contributed by atoms with E-state index in [9.17, 15) is 34.9 Å². The molecule has 0 bridgehead atoms. The number of aromatic nitrogens is 2. The Hall–Kier alpha value is -4.43. The Kier molecular flexibility index (Phi) is 6.15. The largest absolute Gasteiger partial charge is 0.508 e. The second-order valence-corrected chi connectivity index (χ2v) is 8.82. The van der Waals surface area contributed by atoms with E-state index in [1.165, 1.54) is 42.1 Å². The van der Waals surface area contributed by atoms with Gasteiger partial charge in [-0.3, -0.25) is 29.8 Å². The molecule has 1 aliphatic rings. The zero-order valence-corrected chi connectivity index (χ0v) is 19.3. The Morgan fingerprint density at radius 1 is 1.14 bits per heavy atom. The number of imide groups is 1. The van der Waals surface area contributed by atoms with Crippen molar-refractivity contribution in [3.8, 4) is 22.7 Å². The maximum atomic E-state index is 12.7. The first kappa shape index (κ1) is 23.7. The monoisotopic (exact) mass is 511 g/mol. The van der Waals surface area contributed by atoms with Gasteiger partial charge in [0.25, 0.3) is 11.6 Å². The number of nitro groups is 2. The van der Waals surface area contributed by atoms with E-state index in [0.717, 1.165) is 28.8 Å². The molecule has 14 heteroatoms. The number of thioether (sulfide) groups is 1. The van der Waals surface area contributed by atoms with Gasteiger partial charge < -0.3 is 5.11 Å². The number of phenols is 1. The predicted octanol–water partition coefficient (Wildman–Crippen LogP) is 3.81. The van der Waals surface area contributed by atoms with E-state index in [2.05, 4.69) is 5.10 Å². The Balaban J connectivity index is 1.89. The average Bonchev–Trinajstić information content (AvgIpc) is 3.34. The number of hydrogen-bond acceptors (Lipinski definition) is 10. The lowest BCUT2D eigenvalue weighted by molar-refractivity contribution is -0.394. The second-order valence-electron chi connectivity index (χ2n) is 7.15. The van der Waals surface area contributed by atoms with Crippen LogP contribution in [0.1, 0.15) is 12.5 Å². The third-order valence-electron chi connectivity index (χ3n) is 4.89. The van der Waals surface area contributed by atoms with Crippen LogP contribution in [0.5, 0.6) is 5.75 Å². The van der Waals surface area contributed by atoms with Gasteiger partial charge >= 0.3 is 5.69 Å². The Morgan fingerprint density at radius 3 is 2.40 bits per heavy atom. The van der Waals surface area contributed by atoms with Gasteiger partial charge in [0, 0.05) is 30.3 Å². The average molecular weight is 511 g/mol. The summed E-state index contributed by atoms with van der Waals surface area (Å²) in [6.45, 7) is 1.21. The van der Waals surface area contributed by atoms with Crippen LogP contribution in [0.3, 0.4) is 0 Å². The molecule has 3 aromatic rings. The SMILES string of the molecule is CC(=O)N1C(=O)/C(=C/c2cn(-c3ccc([N+](=O)[O-])cc3[N+](=O)[O-])nc2-c2ccc(O)cc2)SC1=S. The number of rotatable bonds is 5. The van der Waals surface area contributed by atoms with Crippen molar-refractivity contribution in [2.75, 3.05) is 0 Å². The number of thiocarbonyl (C=S) groups is 1. The Labute approximate surface area is 205 Å². The molecule has 1 fully saturated rings. The molecule has 0 saturated carbocycles. The maximum absolute atomic E-state index is 12.7. The highest BCUT2D eigenvalue weighted by molar-refractivity contribution is 8.26. The van der Waals surface area contributed by atoms with Crippen molar-refractivity contribution in [2.45, 2.75) is 6.92 Å². The van der Waals surface area contributed by atoms with E-state index < -0.39 is 33.0 Å². The van der Waals surface area contributed by atoms with Crippen LogP contribution in [0.4, 0.5) is 11.4 Å². The summed E-state index contributed by atoms with van der Waals surface area (Å²) >= 11 is 6.03. The standard InChI is InChI=1S/C21H13N5O7S2/c1-11(27)24-20(29)18(35-21(24)34)8-13-10-23(22-19(13)12-2-5-15(28)6-3-12)16-7-4-14(25(30)31)9-17(16)26(32)33/h2-10,28H,1H3/b18-8-. The fourth-order valence-corrected chi connectivity index (χ4v) is 4.64. The van der Waals surface area contributed by atoms with E-state index in [1.807, 2.05) is 0 Å². The van der Waals surface area contributed by atoms with Crippen molar-refractivity contribution in [1.82, 2.24) is 14.7 Å². The van der Waals surface area contributed by atoms with Crippen molar-refractivity contribution in [1.29, 1.82) is 0 Å². The van der Waals surface area contributed by atoms with Gasteiger partial charge in [0.05, 0.1) is 26.5 Å². The summed E-state index contributed by atoms with van der Waals surface area (Å²) in [7, 11) is 0. The zero-order chi connectivity index (χ0) is 25.4. The molecule has 0 atom stereocenters. The summed E-state index contributed by atoms with van der Waals surface area (Å²) in [5.41, 5.74) is 0.113. The highest BCUT2D eigenvalue weighted by atomic mass is 32.2. The van der Waals surface area contributed by atoms with Crippen LogP contribution in [0.15, 0.2) is 53.6 Å². The number of carbonyl (C=O) groups is 2. The van der Waals surface area contributed by atoms with Gasteiger partial charge in [-0.25, -0.2) is 9.58 Å². The molecule has 35 heavy (non-hydrogen) atoms. The number of nitro benzene ring substituents is 2. The molecule has 0 aliphatic carbocycles. The lowest BCUT2D eigenvalue weighted by Gasteiger charge is -2.07. The highest BCUT2D eigenvalue weighted by Crippen LogP contribution is 2.36. The van der Waals surface area contributed by atoms with Crippen molar-refractivity contribution in [3.05, 3.63) is 79.4 Å². The Morgan fingerprint density at radius 2 is 1.83 bits per heavy atom. The lowest BCUT2D eigenvalue weighted by Crippen LogP contribution is -2.32. The lowest BCUT2D eigenvalue weighted by atomic mass is 10.1. The smallest absolute Gasteiger partial charge is 0.301 e. The van der Waals surface area contributed by atoms with Gasteiger partial charge in [0.2, 0.25) is 5.91 Å². The minimum absolute atomic E-state index is 0.00284. The summed E-state index contributed by atoms with van der Waals surface area (Å²) in [4.78, 5) is 46.7. The first-order valence-corrected chi connectivity index (χ1v) is 10.9. The van der Waals surface area contributed by atoms with Crippen LogP contribution >= 0.6 is 24.0 Å². The highest BCUT2D eigenvalue weighted by Gasteiger charge is 2.35. The molecule has 12 nitrogen and oxygen atoms in total. The summed E-state index contributed by atoms with van der Waals surface area (Å²) in [5.74, 6) is -1.15. The van der Waals surface area contributed by atoms with Crippen molar-refractivity contribution in [2.24, 2.45) is 0 Å². The Bertz CT molecular complexity index is 1460. The van der Waals surface area contributed by atoms with Gasteiger partial charge in [-0.2, -0.15) is 5.10 Å². The molecule has 1 saturated heterocycles. The van der Waals surface area contributed by atoms with E-state index in [1.54, 1.807) is 12.1 Å². The van der Waals surface area contributed by atoms with Gasteiger partial charge in [-0.15, -0.1) is 0 Å². The molecule has 176 valence electrons. The van der Waals surface area contributed by atoms with Crippen LogP contribution in [0.25, 0.3) is 23.0 Å². The molecule has 1 aromatic heterocycles. The number of benzene rings is 2. The number of carbonyl (C=O) groups excluding carboxylic acids is 2. The molecule has 0 unspecified atom stereocenters. The molecule has 4 rings (SSSR count). The molecule has 0 radical (unpaired) electrons. The van der Waals surface area contributed by atoms with Gasteiger partial charge in [0.1, 0.15) is 11.4 Å². The van der Waals surface area contributed by atoms with Crippen molar-refractivity contribution >= 4 is 57.6 Å². The topological polar surface area (TPSA) is 162 Å². The van der Waals surface area contributed by atoms with Crippen LogP contribution in [-0.4, -0.2) is 45.8 Å². The summed E-state index contributed by atoms with van der Waals surface area (Å²) in [6, 6.07) is 9.10. The molecule has 0 spiro atoms. The number of non-ortho nitro benzene ring substituents is 1. The molecule has 2 heterocycles. The molecular formula is C21H13N5O7S2. The number of amides is 2. The van der Waals surface area contributed by atoms with Crippen molar-refractivity contribution in [3.63, 3.8) is 0 Å². The first-order chi connectivity index (χ1) is 16.6.